The van der Waals surface area contributed by atoms with Crippen molar-refractivity contribution in [1.82, 2.24) is 0 Å². The molecular formula is C24H23NO4. The van der Waals surface area contributed by atoms with E-state index in [4.69, 9.17) is 14.2 Å². The molecule has 0 saturated heterocycles. The van der Waals surface area contributed by atoms with Crippen LogP contribution in [0.5, 0.6) is 23.0 Å². The third-order valence-electron chi connectivity index (χ3n) is 3.97. The van der Waals surface area contributed by atoms with Crippen LogP contribution < -0.4 is 19.5 Å². The average molecular weight is 389 g/mol. The van der Waals surface area contributed by atoms with E-state index in [0.29, 0.717) is 47.5 Å². The minimum absolute atomic E-state index is 0.273. The van der Waals surface area contributed by atoms with Gasteiger partial charge in [0, 0.05) is 5.56 Å². The molecule has 0 aromatic heterocycles. The first kappa shape index (κ1) is 20.0. The van der Waals surface area contributed by atoms with Gasteiger partial charge in [-0.2, -0.15) is 0 Å². The summed E-state index contributed by atoms with van der Waals surface area (Å²) in [5.74, 6) is 2.05. The van der Waals surface area contributed by atoms with E-state index < -0.39 is 0 Å². The molecule has 0 radical (unpaired) electrons. The maximum Gasteiger partial charge on any atom is 0.255 e. The van der Waals surface area contributed by atoms with Gasteiger partial charge in [-0.25, -0.2) is 0 Å². The Kier molecular flexibility index (Phi) is 6.90. The Hall–Kier alpha value is -3.73. The van der Waals surface area contributed by atoms with Gasteiger partial charge in [0.1, 0.15) is 12.4 Å². The zero-order valence-corrected chi connectivity index (χ0v) is 16.3. The number of carbonyl (C=O) groups is 1. The van der Waals surface area contributed by atoms with Crippen LogP contribution in [-0.2, 0) is 0 Å². The van der Waals surface area contributed by atoms with Gasteiger partial charge in [0.15, 0.2) is 17.2 Å². The third-order valence-corrected chi connectivity index (χ3v) is 3.97. The number of amides is 1. The van der Waals surface area contributed by atoms with Gasteiger partial charge in [-0.1, -0.05) is 43.0 Å². The summed E-state index contributed by atoms with van der Waals surface area (Å²) in [6.07, 6.45) is 1.65. The molecule has 3 aromatic rings. The van der Waals surface area contributed by atoms with Crippen molar-refractivity contribution in [2.45, 2.75) is 6.92 Å². The van der Waals surface area contributed by atoms with Crippen LogP contribution >= 0.6 is 0 Å². The van der Waals surface area contributed by atoms with Crippen LogP contribution in [0.15, 0.2) is 85.5 Å². The quantitative estimate of drug-likeness (QED) is 0.477. The standard InChI is InChI=1S/C24H23NO4/c1-3-16-28-22-15-14-18(17-23(22)27-4-2)24(26)25-20-12-8-9-13-21(20)29-19-10-6-5-7-11-19/h3,5-15,17H,1,4,16H2,2H3,(H,25,26). The summed E-state index contributed by atoms with van der Waals surface area (Å²) >= 11 is 0. The van der Waals surface area contributed by atoms with Gasteiger partial charge in [0.25, 0.3) is 5.91 Å². The van der Waals surface area contributed by atoms with Crippen molar-refractivity contribution in [3.8, 4) is 23.0 Å². The maximum atomic E-state index is 12.8. The van der Waals surface area contributed by atoms with Gasteiger partial charge in [-0.05, 0) is 49.4 Å². The molecule has 0 aliphatic rings. The zero-order valence-electron chi connectivity index (χ0n) is 16.3. The van der Waals surface area contributed by atoms with E-state index in [1.54, 1.807) is 36.4 Å². The molecule has 148 valence electrons. The predicted molar refractivity (Wildman–Crippen MR) is 114 cm³/mol. The van der Waals surface area contributed by atoms with Crippen LogP contribution in [0.3, 0.4) is 0 Å². The first-order chi connectivity index (χ1) is 14.2. The van der Waals surface area contributed by atoms with E-state index in [-0.39, 0.29) is 5.91 Å². The van der Waals surface area contributed by atoms with Gasteiger partial charge in [0.05, 0.1) is 12.3 Å². The molecule has 29 heavy (non-hydrogen) atoms. The molecule has 0 unspecified atom stereocenters. The molecule has 1 amide bonds. The number of benzene rings is 3. The molecular weight excluding hydrogens is 366 g/mol. The minimum Gasteiger partial charge on any atom is -0.490 e. The number of nitrogens with one attached hydrogen (secondary N) is 1. The summed E-state index contributed by atoms with van der Waals surface area (Å²) in [5.41, 5.74) is 1.03. The monoisotopic (exact) mass is 389 g/mol. The maximum absolute atomic E-state index is 12.8. The smallest absolute Gasteiger partial charge is 0.255 e. The van der Waals surface area contributed by atoms with Gasteiger partial charge in [0.2, 0.25) is 0 Å². The fourth-order valence-electron chi connectivity index (χ4n) is 2.65. The average Bonchev–Trinajstić information content (AvgIpc) is 2.75. The van der Waals surface area contributed by atoms with Crippen molar-refractivity contribution in [3.05, 3.63) is 91.0 Å². The highest BCUT2D eigenvalue weighted by Crippen LogP contribution is 2.31. The molecule has 0 aliphatic carbocycles. The summed E-state index contributed by atoms with van der Waals surface area (Å²) in [6, 6.07) is 21.8. The number of carbonyl (C=O) groups excluding carboxylic acids is 1. The van der Waals surface area contributed by atoms with Gasteiger partial charge in [-0.15, -0.1) is 0 Å². The van der Waals surface area contributed by atoms with E-state index in [1.807, 2.05) is 49.4 Å². The van der Waals surface area contributed by atoms with Crippen molar-refractivity contribution in [2.24, 2.45) is 0 Å². The van der Waals surface area contributed by atoms with Crippen molar-refractivity contribution in [1.29, 1.82) is 0 Å². The van der Waals surface area contributed by atoms with E-state index in [1.165, 1.54) is 0 Å². The molecule has 3 rings (SSSR count). The molecule has 0 atom stereocenters. The lowest BCUT2D eigenvalue weighted by atomic mass is 10.1. The van der Waals surface area contributed by atoms with Crippen molar-refractivity contribution in [3.63, 3.8) is 0 Å². The first-order valence-corrected chi connectivity index (χ1v) is 9.35. The Bertz CT molecular complexity index is 970. The highest BCUT2D eigenvalue weighted by atomic mass is 16.5. The van der Waals surface area contributed by atoms with Crippen LogP contribution in [0.1, 0.15) is 17.3 Å². The number of ether oxygens (including phenoxy) is 3. The van der Waals surface area contributed by atoms with Crippen molar-refractivity contribution in [2.75, 3.05) is 18.5 Å². The Morgan fingerprint density at radius 3 is 2.45 bits per heavy atom. The lowest BCUT2D eigenvalue weighted by Crippen LogP contribution is -2.13. The van der Waals surface area contributed by atoms with Crippen LogP contribution in [0.2, 0.25) is 0 Å². The molecule has 1 N–H and O–H groups in total. The molecule has 0 fully saturated rings. The SMILES string of the molecule is C=CCOc1ccc(C(=O)Nc2ccccc2Oc2ccccc2)cc1OCC. The Morgan fingerprint density at radius 1 is 0.931 bits per heavy atom. The van der Waals surface area contributed by atoms with Crippen LogP contribution in [0.25, 0.3) is 0 Å². The number of hydrogen-bond donors (Lipinski definition) is 1. The minimum atomic E-state index is -0.273. The summed E-state index contributed by atoms with van der Waals surface area (Å²) in [6.45, 7) is 6.34. The highest BCUT2D eigenvalue weighted by molar-refractivity contribution is 6.05. The highest BCUT2D eigenvalue weighted by Gasteiger charge is 2.14. The predicted octanol–water partition coefficient (Wildman–Crippen LogP) is 5.69. The van der Waals surface area contributed by atoms with Crippen molar-refractivity contribution >= 4 is 11.6 Å². The first-order valence-electron chi connectivity index (χ1n) is 9.35. The van der Waals surface area contributed by atoms with Gasteiger partial charge in [-0.3, -0.25) is 4.79 Å². The molecule has 0 heterocycles. The molecule has 0 saturated carbocycles. The number of para-hydroxylation sites is 3. The van der Waals surface area contributed by atoms with E-state index in [9.17, 15) is 4.79 Å². The summed E-state index contributed by atoms with van der Waals surface area (Å²) in [4.78, 5) is 12.8. The second kappa shape index (κ2) is 9.99. The summed E-state index contributed by atoms with van der Waals surface area (Å²) in [5, 5.41) is 2.90. The topological polar surface area (TPSA) is 56.8 Å². The Balaban J connectivity index is 1.80. The molecule has 0 aliphatic heterocycles. The lowest BCUT2D eigenvalue weighted by molar-refractivity contribution is 0.102. The summed E-state index contributed by atoms with van der Waals surface area (Å²) < 4.78 is 17.1. The number of hydrogen-bond acceptors (Lipinski definition) is 4. The Labute approximate surface area is 170 Å². The van der Waals surface area contributed by atoms with E-state index >= 15 is 0 Å². The molecule has 0 spiro atoms. The normalized spacial score (nSPS) is 10.1. The van der Waals surface area contributed by atoms with E-state index in [2.05, 4.69) is 11.9 Å². The second-order valence-electron chi connectivity index (χ2n) is 6.06. The van der Waals surface area contributed by atoms with Crippen LogP contribution in [0, 0.1) is 0 Å². The molecule has 3 aromatic carbocycles. The number of anilines is 1. The molecule has 0 bridgehead atoms. The molecule has 5 nitrogen and oxygen atoms in total. The second-order valence-corrected chi connectivity index (χ2v) is 6.06. The number of rotatable bonds is 9. The lowest BCUT2D eigenvalue weighted by Gasteiger charge is -2.14. The van der Waals surface area contributed by atoms with Crippen LogP contribution in [-0.4, -0.2) is 19.1 Å². The van der Waals surface area contributed by atoms with Gasteiger partial charge < -0.3 is 19.5 Å². The van der Waals surface area contributed by atoms with Crippen molar-refractivity contribution < 1.29 is 19.0 Å². The fourth-order valence-corrected chi connectivity index (χ4v) is 2.65. The summed E-state index contributed by atoms with van der Waals surface area (Å²) in [7, 11) is 0. The largest absolute Gasteiger partial charge is 0.490 e. The Morgan fingerprint density at radius 2 is 1.69 bits per heavy atom. The van der Waals surface area contributed by atoms with Gasteiger partial charge >= 0.3 is 0 Å². The van der Waals surface area contributed by atoms with Crippen LogP contribution in [0.4, 0.5) is 5.69 Å². The zero-order chi connectivity index (χ0) is 20.5. The third kappa shape index (κ3) is 5.39. The fraction of sp³-hybridized carbons (Fsp3) is 0.125. The van der Waals surface area contributed by atoms with E-state index in [0.717, 1.165) is 0 Å². The molecule has 5 heteroatoms.